The zero-order chi connectivity index (χ0) is 26.6. The lowest BCUT2D eigenvalue weighted by molar-refractivity contribution is -0.135. The number of hydrogen-bond acceptors (Lipinski definition) is 5. The van der Waals surface area contributed by atoms with Crippen molar-refractivity contribution in [1.82, 2.24) is 4.90 Å². The third kappa shape index (κ3) is 6.83. The van der Waals surface area contributed by atoms with E-state index < -0.39 is 8.32 Å². The van der Waals surface area contributed by atoms with E-state index in [1.807, 2.05) is 35.0 Å². The number of carbonyl (C=O) groups is 2. The SMILES string of the molecule is C[C@H]1[C@H]([Si](C)(C)O)[C@@H](CC(=O)N2CCC[C@H]2CO)O[C@H]1CCc1cccc(N2CCCCCCC2=O)c1. The molecule has 2 N–H and O–H groups in total. The Balaban J connectivity index is 1.41. The van der Waals surface area contributed by atoms with Gasteiger partial charge in [0.15, 0.2) is 8.32 Å². The maximum Gasteiger partial charge on any atom is 0.226 e. The minimum absolute atomic E-state index is 0.00204. The highest BCUT2D eigenvalue weighted by Gasteiger charge is 2.50. The fourth-order valence-electron chi connectivity index (χ4n) is 6.87. The summed E-state index contributed by atoms with van der Waals surface area (Å²) in [5.74, 6) is 0.413. The second-order valence-corrected chi connectivity index (χ2v) is 15.9. The first-order valence-corrected chi connectivity index (χ1v) is 17.4. The molecule has 3 aliphatic heterocycles. The van der Waals surface area contributed by atoms with Crippen LogP contribution < -0.4 is 4.90 Å². The van der Waals surface area contributed by atoms with Crippen LogP contribution in [0.2, 0.25) is 18.6 Å². The molecular weight excluding hydrogens is 484 g/mol. The van der Waals surface area contributed by atoms with Gasteiger partial charge >= 0.3 is 0 Å². The smallest absolute Gasteiger partial charge is 0.226 e. The van der Waals surface area contributed by atoms with Gasteiger partial charge in [-0.1, -0.05) is 31.9 Å². The van der Waals surface area contributed by atoms with Gasteiger partial charge in [0, 0.05) is 30.7 Å². The van der Waals surface area contributed by atoms with Crippen LogP contribution in [0.3, 0.4) is 0 Å². The van der Waals surface area contributed by atoms with Gasteiger partial charge in [0.05, 0.1) is 31.3 Å². The van der Waals surface area contributed by atoms with Crippen molar-refractivity contribution >= 4 is 25.8 Å². The summed E-state index contributed by atoms with van der Waals surface area (Å²) in [6.07, 6.45) is 8.31. The van der Waals surface area contributed by atoms with Crippen molar-refractivity contribution in [2.75, 3.05) is 24.6 Å². The third-order valence-corrected chi connectivity index (χ3v) is 11.3. The molecule has 0 aliphatic carbocycles. The van der Waals surface area contributed by atoms with E-state index >= 15 is 0 Å². The van der Waals surface area contributed by atoms with Gasteiger partial charge in [-0.3, -0.25) is 9.59 Å². The molecular formula is C29H46N2O5Si. The molecule has 8 heteroatoms. The van der Waals surface area contributed by atoms with Crippen molar-refractivity contribution in [3.63, 3.8) is 0 Å². The Morgan fingerprint density at radius 3 is 2.65 bits per heavy atom. The van der Waals surface area contributed by atoms with Crippen LogP contribution in [-0.4, -0.2) is 72.9 Å². The van der Waals surface area contributed by atoms with E-state index in [2.05, 4.69) is 19.1 Å². The number of aliphatic hydroxyl groups excluding tert-OH is 1. The molecule has 2 amide bonds. The highest BCUT2D eigenvalue weighted by Crippen LogP contribution is 2.46. The number of amides is 2. The van der Waals surface area contributed by atoms with Crippen molar-refractivity contribution in [3.05, 3.63) is 29.8 Å². The number of benzene rings is 1. The van der Waals surface area contributed by atoms with Gasteiger partial charge in [0.25, 0.3) is 0 Å². The number of hydrogen-bond donors (Lipinski definition) is 2. The summed E-state index contributed by atoms with van der Waals surface area (Å²) < 4.78 is 6.53. The lowest BCUT2D eigenvalue weighted by Crippen LogP contribution is -2.43. The van der Waals surface area contributed by atoms with Gasteiger partial charge in [-0.15, -0.1) is 0 Å². The van der Waals surface area contributed by atoms with E-state index in [-0.39, 0.29) is 54.6 Å². The first-order chi connectivity index (χ1) is 17.7. The van der Waals surface area contributed by atoms with E-state index in [9.17, 15) is 19.5 Å². The van der Waals surface area contributed by atoms with Crippen molar-refractivity contribution in [2.45, 2.75) is 108 Å². The Morgan fingerprint density at radius 1 is 1.11 bits per heavy atom. The Kier molecular flexibility index (Phi) is 9.48. The zero-order valence-electron chi connectivity index (χ0n) is 22.9. The van der Waals surface area contributed by atoms with Crippen molar-refractivity contribution in [3.8, 4) is 0 Å². The minimum atomic E-state index is -2.57. The lowest BCUT2D eigenvalue weighted by atomic mass is 9.95. The van der Waals surface area contributed by atoms with Crippen molar-refractivity contribution < 1.29 is 24.2 Å². The normalized spacial score (nSPS) is 29.4. The Bertz CT molecular complexity index is 935. The van der Waals surface area contributed by atoms with Gasteiger partial charge < -0.3 is 24.4 Å². The molecule has 3 fully saturated rings. The van der Waals surface area contributed by atoms with E-state index in [0.29, 0.717) is 13.0 Å². The second kappa shape index (κ2) is 12.4. The molecule has 0 bridgehead atoms. The molecule has 4 rings (SSSR count). The van der Waals surface area contributed by atoms with Crippen LogP contribution >= 0.6 is 0 Å². The maximum absolute atomic E-state index is 13.1. The first-order valence-electron chi connectivity index (χ1n) is 14.4. The molecule has 1 aromatic carbocycles. The van der Waals surface area contributed by atoms with Gasteiger partial charge in [0.1, 0.15) is 0 Å². The molecule has 37 heavy (non-hydrogen) atoms. The number of likely N-dealkylation sites (tertiary alicyclic amines) is 1. The minimum Gasteiger partial charge on any atom is -0.432 e. The Morgan fingerprint density at radius 2 is 1.89 bits per heavy atom. The number of rotatable bonds is 8. The van der Waals surface area contributed by atoms with Crippen LogP contribution in [0.15, 0.2) is 24.3 Å². The Hall–Kier alpha value is -1.74. The standard InChI is InChI=1S/C29H46N2O5Si/c1-21-25(15-14-22-10-8-11-23(18-22)30-16-7-5-4-6-13-27(30)33)36-26(29(21)37(2,3)35)19-28(34)31-17-9-12-24(31)20-32/h8,10-11,18,21,24-26,29,32,35H,4-7,9,12-17,19-20H2,1-3H3/t21-,24+,25+,26-,29+/m1/s1. The van der Waals surface area contributed by atoms with Crippen molar-refractivity contribution in [1.29, 1.82) is 0 Å². The van der Waals surface area contributed by atoms with E-state index in [1.54, 1.807) is 0 Å². The van der Waals surface area contributed by atoms with E-state index in [0.717, 1.165) is 57.2 Å². The highest BCUT2D eigenvalue weighted by molar-refractivity contribution is 6.71. The number of anilines is 1. The molecule has 0 spiro atoms. The van der Waals surface area contributed by atoms with Gasteiger partial charge in [-0.25, -0.2) is 0 Å². The summed E-state index contributed by atoms with van der Waals surface area (Å²) in [6, 6.07) is 8.24. The maximum atomic E-state index is 13.1. The summed E-state index contributed by atoms with van der Waals surface area (Å²) in [5, 5.41) is 9.65. The summed E-state index contributed by atoms with van der Waals surface area (Å²) in [5.41, 5.74) is 2.16. The topological polar surface area (TPSA) is 90.3 Å². The van der Waals surface area contributed by atoms with Crippen LogP contribution in [-0.2, 0) is 20.7 Å². The zero-order valence-corrected chi connectivity index (χ0v) is 23.9. The van der Waals surface area contributed by atoms with Crippen molar-refractivity contribution in [2.24, 2.45) is 5.92 Å². The van der Waals surface area contributed by atoms with Gasteiger partial charge in [-0.05, 0) is 75.2 Å². The number of carbonyl (C=O) groups excluding carboxylic acids is 2. The van der Waals surface area contributed by atoms with Crippen LogP contribution in [0, 0.1) is 5.92 Å². The highest BCUT2D eigenvalue weighted by atomic mass is 28.4. The number of nitrogens with zero attached hydrogens (tertiary/aromatic N) is 2. The van der Waals surface area contributed by atoms with Crippen LogP contribution in [0.4, 0.5) is 5.69 Å². The van der Waals surface area contributed by atoms with Gasteiger partial charge in [0.2, 0.25) is 11.8 Å². The third-order valence-electron chi connectivity index (χ3n) is 8.77. The fraction of sp³-hybridized carbons (Fsp3) is 0.724. The second-order valence-electron chi connectivity index (χ2n) is 11.9. The monoisotopic (exact) mass is 530 g/mol. The average Bonchev–Trinajstić information content (AvgIpc) is 3.44. The van der Waals surface area contributed by atoms with Gasteiger partial charge in [-0.2, -0.15) is 0 Å². The molecule has 3 aliphatic rings. The Labute approximate surface area is 223 Å². The van der Waals surface area contributed by atoms with Crippen LogP contribution in [0.5, 0.6) is 0 Å². The molecule has 0 radical (unpaired) electrons. The summed E-state index contributed by atoms with van der Waals surface area (Å²) in [6.45, 7) is 7.54. The largest absolute Gasteiger partial charge is 0.432 e. The first kappa shape index (κ1) is 28.3. The molecule has 3 heterocycles. The number of ether oxygens (including phenoxy) is 1. The fourth-order valence-corrected chi connectivity index (χ4v) is 9.48. The molecule has 0 aromatic heterocycles. The van der Waals surface area contributed by atoms with E-state index in [1.165, 1.54) is 12.0 Å². The molecule has 5 atom stereocenters. The quantitative estimate of drug-likeness (QED) is 0.490. The molecule has 206 valence electrons. The van der Waals surface area contributed by atoms with E-state index in [4.69, 9.17) is 4.74 Å². The average molecular weight is 531 g/mol. The molecule has 3 saturated heterocycles. The predicted octanol–water partition coefficient (Wildman–Crippen LogP) is 4.26. The molecule has 0 saturated carbocycles. The predicted molar refractivity (Wildman–Crippen MR) is 148 cm³/mol. The summed E-state index contributed by atoms with van der Waals surface area (Å²) in [4.78, 5) is 40.8. The number of aliphatic hydroxyl groups is 1. The number of aryl methyl sites for hydroxylation is 1. The summed E-state index contributed by atoms with van der Waals surface area (Å²) >= 11 is 0. The molecule has 7 nitrogen and oxygen atoms in total. The lowest BCUT2D eigenvalue weighted by Gasteiger charge is -2.31. The summed E-state index contributed by atoms with van der Waals surface area (Å²) in [7, 11) is -2.57. The van der Waals surface area contributed by atoms with Crippen LogP contribution in [0.25, 0.3) is 0 Å². The molecule has 1 aromatic rings. The van der Waals surface area contributed by atoms with Crippen LogP contribution in [0.1, 0.15) is 70.3 Å². The molecule has 0 unspecified atom stereocenters.